The first-order valence-corrected chi connectivity index (χ1v) is 3.98. The fourth-order valence-corrected chi connectivity index (χ4v) is 1.42. The van der Waals surface area contributed by atoms with Crippen LogP contribution in [0.25, 0.3) is 0 Å². The molecule has 1 aliphatic rings. The molecule has 0 fully saturated rings. The molecule has 0 radical (unpaired) electrons. The summed E-state index contributed by atoms with van der Waals surface area (Å²) >= 11 is 0. The lowest BCUT2D eigenvalue weighted by Crippen LogP contribution is -2.47. The summed E-state index contributed by atoms with van der Waals surface area (Å²) in [5.74, 6) is -6.47. The van der Waals surface area contributed by atoms with Crippen molar-refractivity contribution in [1.82, 2.24) is 0 Å². The average Bonchev–Trinajstić information content (AvgIpc) is 2.16. The van der Waals surface area contributed by atoms with Gasteiger partial charge in [0.15, 0.2) is 5.41 Å². The van der Waals surface area contributed by atoms with Crippen LogP contribution in [0.15, 0.2) is 24.3 Å². The monoisotopic (exact) mass is 212 g/mol. The van der Waals surface area contributed by atoms with E-state index in [1.54, 1.807) is 0 Å². The van der Waals surface area contributed by atoms with Crippen LogP contribution in [0.4, 0.5) is 0 Å². The van der Waals surface area contributed by atoms with Crippen LogP contribution in [-0.2, 0) is 14.4 Å². The minimum Gasteiger partial charge on any atom is -0.481 e. The van der Waals surface area contributed by atoms with E-state index in [1.165, 1.54) is 12.2 Å². The summed E-state index contributed by atoms with van der Waals surface area (Å²) in [7, 11) is 0. The molecule has 3 N–H and O–H groups in total. The lowest BCUT2D eigenvalue weighted by atomic mass is 9.73. The van der Waals surface area contributed by atoms with Gasteiger partial charge in [0.1, 0.15) is 5.92 Å². The molecule has 0 saturated heterocycles. The van der Waals surface area contributed by atoms with E-state index in [2.05, 4.69) is 0 Å². The van der Waals surface area contributed by atoms with Crippen molar-refractivity contribution >= 4 is 17.9 Å². The molecular formula is C9H8O6. The van der Waals surface area contributed by atoms with Gasteiger partial charge in [0, 0.05) is 0 Å². The summed E-state index contributed by atoms with van der Waals surface area (Å²) < 4.78 is 0. The lowest BCUT2D eigenvalue weighted by molar-refractivity contribution is -0.169. The Morgan fingerprint density at radius 3 is 1.87 bits per heavy atom. The van der Waals surface area contributed by atoms with Crippen LogP contribution >= 0.6 is 0 Å². The Balaban J connectivity index is 3.32. The van der Waals surface area contributed by atoms with Gasteiger partial charge in [-0.25, -0.2) is 0 Å². The highest BCUT2D eigenvalue weighted by Crippen LogP contribution is 2.34. The van der Waals surface area contributed by atoms with E-state index in [-0.39, 0.29) is 0 Å². The van der Waals surface area contributed by atoms with E-state index in [1.807, 2.05) is 0 Å². The Morgan fingerprint density at radius 2 is 1.53 bits per heavy atom. The van der Waals surface area contributed by atoms with Crippen LogP contribution in [0.2, 0.25) is 0 Å². The van der Waals surface area contributed by atoms with Crippen LogP contribution in [0.1, 0.15) is 0 Å². The average molecular weight is 212 g/mol. The second kappa shape index (κ2) is 3.56. The van der Waals surface area contributed by atoms with Crippen molar-refractivity contribution in [3.8, 4) is 0 Å². The number of carbonyl (C=O) groups is 3. The van der Waals surface area contributed by atoms with E-state index < -0.39 is 29.2 Å². The number of rotatable bonds is 3. The maximum Gasteiger partial charge on any atom is 0.326 e. The summed E-state index contributed by atoms with van der Waals surface area (Å²) in [6.07, 6.45) is 4.44. The zero-order valence-electron chi connectivity index (χ0n) is 7.45. The summed E-state index contributed by atoms with van der Waals surface area (Å²) in [6, 6.07) is 0. The van der Waals surface area contributed by atoms with E-state index in [4.69, 9.17) is 15.3 Å². The second-order valence-electron chi connectivity index (χ2n) is 3.04. The van der Waals surface area contributed by atoms with Gasteiger partial charge in [-0.3, -0.25) is 14.4 Å². The highest BCUT2D eigenvalue weighted by Gasteiger charge is 2.54. The summed E-state index contributed by atoms with van der Waals surface area (Å²) in [4.78, 5) is 32.6. The number of hydrogen-bond donors (Lipinski definition) is 3. The molecule has 0 amide bonds. The Labute approximate surface area is 84.1 Å². The normalized spacial score (nSPS) is 22.3. The summed E-state index contributed by atoms with van der Waals surface area (Å²) in [5, 5.41) is 26.5. The fourth-order valence-electron chi connectivity index (χ4n) is 1.42. The zero-order chi connectivity index (χ0) is 11.6. The second-order valence-corrected chi connectivity index (χ2v) is 3.04. The van der Waals surface area contributed by atoms with E-state index in [0.717, 1.165) is 12.2 Å². The largest absolute Gasteiger partial charge is 0.481 e. The number of carboxylic acids is 3. The SMILES string of the molecule is O=C(O)C1C=CC=CC1(C(=O)O)C(=O)O. The van der Waals surface area contributed by atoms with Crippen LogP contribution in [0.5, 0.6) is 0 Å². The molecule has 0 aromatic heterocycles. The molecule has 0 aromatic rings. The highest BCUT2D eigenvalue weighted by atomic mass is 16.4. The van der Waals surface area contributed by atoms with Crippen LogP contribution < -0.4 is 0 Å². The molecule has 80 valence electrons. The zero-order valence-corrected chi connectivity index (χ0v) is 7.45. The molecule has 0 spiro atoms. The quantitative estimate of drug-likeness (QED) is 0.566. The van der Waals surface area contributed by atoms with Crippen LogP contribution in [0.3, 0.4) is 0 Å². The highest BCUT2D eigenvalue weighted by molar-refractivity contribution is 6.05. The van der Waals surface area contributed by atoms with Crippen molar-refractivity contribution in [1.29, 1.82) is 0 Å². The molecule has 1 unspecified atom stereocenters. The van der Waals surface area contributed by atoms with Crippen molar-refractivity contribution in [3.63, 3.8) is 0 Å². The van der Waals surface area contributed by atoms with Gasteiger partial charge in [-0.15, -0.1) is 0 Å². The third-order valence-electron chi connectivity index (χ3n) is 2.24. The van der Waals surface area contributed by atoms with Gasteiger partial charge < -0.3 is 15.3 Å². The maximum atomic E-state index is 10.9. The van der Waals surface area contributed by atoms with Gasteiger partial charge in [0.2, 0.25) is 0 Å². The van der Waals surface area contributed by atoms with Gasteiger partial charge in [-0.05, 0) is 0 Å². The van der Waals surface area contributed by atoms with Crippen molar-refractivity contribution in [2.45, 2.75) is 0 Å². The van der Waals surface area contributed by atoms with Gasteiger partial charge in [0.25, 0.3) is 0 Å². The first-order chi connectivity index (χ1) is 6.93. The molecule has 1 aliphatic carbocycles. The molecular weight excluding hydrogens is 204 g/mol. The van der Waals surface area contributed by atoms with Crippen molar-refractivity contribution in [3.05, 3.63) is 24.3 Å². The molecule has 0 saturated carbocycles. The third kappa shape index (κ3) is 1.50. The molecule has 0 bridgehead atoms. The topological polar surface area (TPSA) is 112 Å². The van der Waals surface area contributed by atoms with E-state index in [9.17, 15) is 14.4 Å². The van der Waals surface area contributed by atoms with Gasteiger partial charge in [-0.2, -0.15) is 0 Å². The molecule has 15 heavy (non-hydrogen) atoms. The minimum absolute atomic E-state index is 0.871. The van der Waals surface area contributed by atoms with Crippen LogP contribution in [0, 0.1) is 11.3 Å². The number of carboxylic acid groups (broad SMARTS) is 3. The van der Waals surface area contributed by atoms with E-state index >= 15 is 0 Å². The molecule has 1 rings (SSSR count). The number of allylic oxidation sites excluding steroid dienone is 2. The first kappa shape index (κ1) is 11.0. The van der Waals surface area contributed by atoms with Crippen molar-refractivity contribution in [2.24, 2.45) is 11.3 Å². The fraction of sp³-hybridized carbons (Fsp3) is 0.222. The Bertz CT molecular complexity index is 364. The standard InChI is InChI=1S/C9H8O6/c10-6(11)5-3-1-2-4-9(5,7(12)13)8(14)15/h1-5H,(H,10,11)(H,12,13)(H,14,15). The van der Waals surface area contributed by atoms with Crippen molar-refractivity contribution in [2.75, 3.05) is 0 Å². The Hall–Kier alpha value is -2.11. The van der Waals surface area contributed by atoms with E-state index in [0.29, 0.717) is 0 Å². The Kier molecular flexibility index (Phi) is 2.61. The minimum atomic E-state index is -2.42. The molecule has 0 aromatic carbocycles. The molecule has 6 nitrogen and oxygen atoms in total. The molecule has 6 heteroatoms. The summed E-state index contributed by atoms with van der Waals surface area (Å²) in [6.45, 7) is 0. The first-order valence-electron chi connectivity index (χ1n) is 3.98. The third-order valence-corrected chi connectivity index (χ3v) is 2.24. The van der Waals surface area contributed by atoms with Crippen LogP contribution in [-0.4, -0.2) is 33.2 Å². The molecule has 1 atom stereocenters. The smallest absolute Gasteiger partial charge is 0.326 e. The lowest BCUT2D eigenvalue weighted by Gasteiger charge is -2.27. The predicted molar refractivity (Wildman–Crippen MR) is 47.1 cm³/mol. The summed E-state index contributed by atoms with van der Waals surface area (Å²) in [5.41, 5.74) is -2.42. The number of aliphatic carboxylic acids is 3. The molecule has 0 aliphatic heterocycles. The van der Waals surface area contributed by atoms with Gasteiger partial charge in [0.05, 0.1) is 0 Å². The Morgan fingerprint density at radius 1 is 1.00 bits per heavy atom. The van der Waals surface area contributed by atoms with Gasteiger partial charge >= 0.3 is 17.9 Å². The van der Waals surface area contributed by atoms with Crippen molar-refractivity contribution < 1.29 is 29.7 Å². The van der Waals surface area contributed by atoms with Gasteiger partial charge in [-0.1, -0.05) is 24.3 Å². The number of hydrogen-bond acceptors (Lipinski definition) is 3. The maximum absolute atomic E-state index is 10.9. The predicted octanol–water partition coefficient (Wildman–Crippen LogP) is -0.0312. The molecule has 0 heterocycles.